The number of amides is 2. The second-order valence-corrected chi connectivity index (χ2v) is 7.69. The Morgan fingerprint density at radius 1 is 1.18 bits per heavy atom. The highest BCUT2D eigenvalue weighted by molar-refractivity contribution is 5.93. The minimum Gasteiger partial charge on any atom is -0.397 e. The number of hydrogen-bond acceptors (Lipinski definition) is 8. The second-order valence-electron chi connectivity index (χ2n) is 7.69. The normalized spacial score (nSPS) is 16.5. The zero-order valence-electron chi connectivity index (χ0n) is 18.7. The van der Waals surface area contributed by atoms with Crippen LogP contribution in [0, 0.1) is 11.3 Å². The molecular formula is C24H28N8O2. The Morgan fingerprint density at radius 3 is 2.62 bits per heavy atom. The number of nitrogens with two attached hydrogens (primary N) is 2. The fraction of sp³-hybridized carbons (Fsp3) is 0.208. The van der Waals surface area contributed by atoms with Crippen LogP contribution in [-0.4, -0.2) is 46.0 Å². The van der Waals surface area contributed by atoms with Crippen molar-refractivity contribution in [1.29, 1.82) is 5.41 Å². The Hall–Kier alpha value is -4.47. The molecule has 0 aromatic carbocycles. The molecule has 176 valence electrons. The molecule has 10 nitrogen and oxygen atoms in total. The van der Waals surface area contributed by atoms with Gasteiger partial charge in [0.1, 0.15) is 5.82 Å². The Labute approximate surface area is 198 Å². The van der Waals surface area contributed by atoms with Gasteiger partial charge in [-0.05, 0) is 49.3 Å². The SMILES string of the molecule is C=CC(=O)N1CCC[C@H](C(=O)Nc2ccc(N/C=C(\N)c3cccc(/C(N)=C/C=N)n3)nc2)C1. The summed E-state index contributed by atoms with van der Waals surface area (Å²) in [6.07, 6.45) is 8.42. The van der Waals surface area contributed by atoms with Crippen molar-refractivity contribution in [3.63, 3.8) is 0 Å². The summed E-state index contributed by atoms with van der Waals surface area (Å²) in [5.74, 6) is -0.0456. The van der Waals surface area contributed by atoms with Gasteiger partial charge in [0.05, 0.1) is 40.6 Å². The molecule has 2 aromatic rings. The molecule has 3 rings (SSSR count). The molecule has 34 heavy (non-hydrogen) atoms. The maximum Gasteiger partial charge on any atom is 0.245 e. The molecular weight excluding hydrogens is 432 g/mol. The van der Waals surface area contributed by atoms with Crippen LogP contribution in [0.15, 0.2) is 61.5 Å². The van der Waals surface area contributed by atoms with Crippen molar-refractivity contribution >= 4 is 40.9 Å². The zero-order chi connectivity index (χ0) is 24.5. The molecule has 3 heterocycles. The van der Waals surface area contributed by atoms with Crippen LogP contribution < -0.4 is 22.1 Å². The lowest BCUT2D eigenvalue weighted by Gasteiger charge is -2.31. The molecule has 1 atom stereocenters. The summed E-state index contributed by atoms with van der Waals surface area (Å²) in [6.45, 7) is 4.53. The second kappa shape index (κ2) is 11.4. The van der Waals surface area contributed by atoms with Crippen LogP contribution in [-0.2, 0) is 9.59 Å². The molecule has 2 aromatic heterocycles. The molecule has 0 unspecified atom stereocenters. The van der Waals surface area contributed by atoms with E-state index in [1.165, 1.54) is 12.2 Å². The van der Waals surface area contributed by atoms with Gasteiger partial charge in [-0.2, -0.15) is 0 Å². The van der Waals surface area contributed by atoms with Gasteiger partial charge in [-0.3, -0.25) is 9.59 Å². The van der Waals surface area contributed by atoms with Crippen molar-refractivity contribution in [2.75, 3.05) is 23.7 Å². The van der Waals surface area contributed by atoms with Gasteiger partial charge < -0.3 is 32.4 Å². The van der Waals surface area contributed by atoms with Gasteiger partial charge in [0.15, 0.2) is 0 Å². The lowest BCUT2D eigenvalue weighted by atomic mass is 9.97. The minimum absolute atomic E-state index is 0.143. The minimum atomic E-state index is -0.274. The number of aromatic nitrogens is 2. The number of nitrogens with zero attached hydrogens (tertiary/aromatic N) is 3. The predicted molar refractivity (Wildman–Crippen MR) is 133 cm³/mol. The van der Waals surface area contributed by atoms with Crippen LogP contribution in [0.2, 0.25) is 0 Å². The van der Waals surface area contributed by atoms with E-state index in [2.05, 4.69) is 27.2 Å². The maximum absolute atomic E-state index is 12.6. The average Bonchev–Trinajstić information content (AvgIpc) is 2.87. The molecule has 2 amide bonds. The molecule has 0 saturated carbocycles. The summed E-state index contributed by atoms with van der Waals surface area (Å²) < 4.78 is 0. The Morgan fingerprint density at radius 2 is 1.94 bits per heavy atom. The number of piperidine rings is 1. The highest BCUT2D eigenvalue weighted by Gasteiger charge is 2.27. The summed E-state index contributed by atoms with van der Waals surface area (Å²) in [6, 6.07) is 8.70. The summed E-state index contributed by atoms with van der Waals surface area (Å²) in [5, 5.41) is 13.0. The summed E-state index contributed by atoms with van der Waals surface area (Å²) in [4.78, 5) is 34.8. The number of carbonyl (C=O) groups excluding carboxylic acids is 2. The van der Waals surface area contributed by atoms with Gasteiger partial charge in [0, 0.05) is 25.5 Å². The number of carbonyl (C=O) groups is 2. The number of likely N-dealkylation sites (tertiary alicyclic amines) is 1. The van der Waals surface area contributed by atoms with Crippen molar-refractivity contribution in [1.82, 2.24) is 14.9 Å². The van der Waals surface area contributed by atoms with Gasteiger partial charge >= 0.3 is 0 Å². The number of hydrogen-bond donors (Lipinski definition) is 5. The zero-order valence-corrected chi connectivity index (χ0v) is 18.7. The molecule has 0 bridgehead atoms. The molecule has 1 fully saturated rings. The predicted octanol–water partition coefficient (Wildman–Crippen LogP) is 2.16. The van der Waals surface area contributed by atoms with Crippen molar-refractivity contribution < 1.29 is 9.59 Å². The van der Waals surface area contributed by atoms with Crippen LogP contribution in [0.4, 0.5) is 11.5 Å². The quantitative estimate of drug-likeness (QED) is 0.298. The van der Waals surface area contributed by atoms with E-state index in [9.17, 15) is 9.59 Å². The fourth-order valence-corrected chi connectivity index (χ4v) is 3.47. The van der Waals surface area contributed by atoms with Gasteiger partial charge in [-0.25, -0.2) is 9.97 Å². The smallest absolute Gasteiger partial charge is 0.245 e. The van der Waals surface area contributed by atoms with Crippen molar-refractivity contribution in [2.45, 2.75) is 12.8 Å². The van der Waals surface area contributed by atoms with E-state index in [1.807, 2.05) is 0 Å². The van der Waals surface area contributed by atoms with E-state index < -0.39 is 0 Å². The van der Waals surface area contributed by atoms with E-state index >= 15 is 0 Å². The monoisotopic (exact) mass is 460 g/mol. The first kappa shape index (κ1) is 24.2. The first-order chi connectivity index (χ1) is 16.4. The third-order valence-electron chi connectivity index (χ3n) is 5.29. The van der Waals surface area contributed by atoms with E-state index in [4.69, 9.17) is 16.9 Å². The van der Waals surface area contributed by atoms with E-state index in [0.29, 0.717) is 47.4 Å². The van der Waals surface area contributed by atoms with E-state index in [0.717, 1.165) is 19.1 Å². The van der Waals surface area contributed by atoms with Gasteiger partial charge in [0.2, 0.25) is 11.8 Å². The number of anilines is 2. The van der Waals surface area contributed by atoms with Crippen LogP contribution in [0.1, 0.15) is 24.2 Å². The molecule has 1 aliphatic rings. The fourth-order valence-electron chi connectivity index (χ4n) is 3.47. The van der Waals surface area contributed by atoms with E-state index in [1.54, 1.807) is 47.6 Å². The molecule has 0 spiro atoms. The van der Waals surface area contributed by atoms with Gasteiger partial charge in [0.25, 0.3) is 0 Å². The molecule has 1 saturated heterocycles. The van der Waals surface area contributed by atoms with Crippen molar-refractivity contribution in [3.05, 3.63) is 72.8 Å². The number of nitrogens with one attached hydrogen (secondary N) is 3. The summed E-state index contributed by atoms with van der Waals surface area (Å²) in [5.41, 5.74) is 14.3. The lowest BCUT2D eigenvalue weighted by molar-refractivity contribution is -0.130. The van der Waals surface area contributed by atoms with Crippen LogP contribution in [0.3, 0.4) is 0 Å². The standard InChI is InChI=1S/C24H28N8O2/c1-2-23(33)32-12-4-5-16(15-32)24(34)30-17-8-9-22(28-13-17)29-14-19(27)21-7-3-6-20(31-21)18(26)10-11-25/h2-3,6-11,13-14,16,25H,1,4-5,12,15,26-27H2,(H,28,29)(H,30,34)/b18-10-,19-14-,25-11?/t16-/m0/s1. The third kappa shape index (κ3) is 6.28. The van der Waals surface area contributed by atoms with E-state index in [-0.39, 0.29) is 17.7 Å². The van der Waals surface area contributed by atoms with Gasteiger partial charge in [-0.15, -0.1) is 0 Å². The Balaban J connectivity index is 1.59. The van der Waals surface area contributed by atoms with Gasteiger partial charge in [-0.1, -0.05) is 12.6 Å². The molecule has 1 aliphatic heterocycles. The first-order valence-electron chi connectivity index (χ1n) is 10.8. The molecule has 7 N–H and O–H groups in total. The highest BCUT2D eigenvalue weighted by atomic mass is 16.2. The first-order valence-corrected chi connectivity index (χ1v) is 10.8. The van der Waals surface area contributed by atoms with Crippen molar-refractivity contribution in [2.24, 2.45) is 17.4 Å². The maximum atomic E-state index is 12.6. The number of rotatable bonds is 8. The number of pyridine rings is 2. The largest absolute Gasteiger partial charge is 0.397 e. The molecule has 0 aliphatic carbocycles. The lowest BCUT2D eigenvalue weighted by Crippen LogP contribution is -2.43. The summed E-state index contributed by atoms with van der Waals surface area (Å²) >= 11 is 0. The van der Waals surface area contributed by atoms with Crippen molar-refractivity contribution in [3.8, 4) is 0 Å². The Kier molecular flexibility index (Phi) is 8.11. The van der Waals surface area contributed by atoms with Crippen LogP contribution in [0.5, 0.6) is 0 Å². The molecule has 10 heteroatoms. The summed E-state index contributed by atoms with van der Waals surface area (Å²) in [7, 11) is 0. The Bertz CT molecular complexity index is 1120. The third-order valence-corrected chi connectivity index (χ3v) is 5.29. The molecule has 0 radical (unpaired) electrons. The number of allylic oxidation sites excluding steroid dienone is 1. The van der Waals surface area contributed by atoms with Crippen LogP contribution >= 0.6 is 0 Å². The highest BCUT2D eigenvalue weighted by Crippen LogP contribution is 2.20. The average molecular weight is 461 g/mol. The topological polar surface area (TPSA) is 163 Å². The van der Waals surface area contributed by atoms with Crippen LogP contribution in [0.25, 0.3) is 11.4 Å².